The van der Waals surface area contributed by atoms with Gasteiger partial charge in [-0.3, -0.25) is 14.4 Å². The van der Waals surface area contributed by atoms with Gasteiger partial charge in [-0.1, -0.05) is 254 Å². The van der Waals surface area contributed by atoms with Crippen molar-refractivity contribution >= 4 is 17.9 Å². The lowest BCUT2D eigenvalue weighted by molar-refractivity contribution is -0.167. The van der Waals surface area contributed by atoms with Gasteiger partial charge >= 0.3 is 17.9 Å². The summed E-state index contributed by atoms with van der Waals surface area (Å²) in [5, 5.41) is 0. The molecule has 0 heterocycles. The van der Waals surface area contributed by atoms with Crippen molar-refractivity contribution in [2.75, 3.05) is 13.2 Å². The standard InChI is InChI=1S/C73H112O6/c1-4-7-10-13-16-19-22-25-28-30-32-34-36-38-40-42-45-48-51-54-57-60-63-66-72(75)78-69-70(68-77-71(74)65-62-59-56-53-50-47-44-27-24-21-18-15-12-9-6-3)79-73(76)67-64-61-58-55-52-49-46-43-41-39-37-35-33-31-29-26-23-20-17-14-11-8-5-2/h7-12,16-21,25-29,32-35,38,40,44-45,48,50,53-54,57,70H,4-6,13-15,22-24,30-31,36-37,39,41-43,46-47,49,51-52,55-56,58-69H2,1-3H3/b10-7-,11-8-,12-9-,19-16-,20-17-,21-18-,28-25-,29-26-,34-32-,35-33-,40-38-,44-27-,48-45-,53-50-,57-54-. The zero-order chi connectivity index (χ0) is 57.1. The largest absolute Gasteiger partial charge is 0.462 e. The molecule has 0 aliphatic rings. The second-order valence-electron chi connectivity index (χ2n) is 19.8. The Bertz CT molecular complexity index is 1870. The Morgan fingerprint density at radius 1 is 0.253 bits per heavy atom. The summed E-state index contributed by atoms with van der Waals surface area (Å²) in [7, 11) is 0. The van der Waals surface area contributed by atoms with Crippen LogP contribution >= 0.6 is 0 Å². The Morgan fingerprint density at radius 2 is 0.468 bits per heavy atom. The van der Waals surface area contributed by atoms with Gasteiger partial charge in [-0.25, -0.2) is 0 Å². The van der Waals surface area contributed by atoms with Crippen molar-refractivity contribution in [1.82, 2.24) is 0 Å². The molecule has 0 radical (unpaired) electrons. The molecule has 6 heteroatoms. The topological polar surface area (TPSA) is 78.9 Å². The van der Waals surface area contributed by atoms with Gasteiger partial charge in [0.1, 0.15) is 13.2 Å². The number of hydrogen-bond acceptors (Lipinski definition) is 6. The van der Waals surface area contributed by atoms with Gasteiger partial charge in [-0.15, -0.1) is 0 Å². The summed E-state index contributed by atoms with van der Waals surface area (Å²) in [6.45, 7) is 6.20. The molecule has 0 spiro atoms. The lowest BCUT2D eigenvalue weighted by Crippen LogP contribution is -2.30. The summed E-state index contributed by atoms with van der Waals surface area (Å²) in [4.78, 5) is 38.3. The van der Waals surface area contributed by atoms with Gasteiger partial charge in [0.2, 0.25) is 0 Å². The number of allylic oxidation sites excluding steroid dienone is 30. The summed E-state index contributed by atoms with van der Waals surface area (Å²) < 4.78 is 16.8. The highest BCUT2D eigenvalue weighted by Gasteiger charge is 2.19. The van der Waals surface area contributed by atoms with E-state index in [9.17, 15) is 14.4 Å². The molecule has 0 saturated carbocycles. The molecule has 0 saturated heterocycles. The van der Waals surface area contributed by atoms with Crippen LogP contribution in [0.15, 0.2) is 182 Å². The molecule has 0 aliphatic heterocycles. The van der Waals surface area contributed by atoms with Crippen LogP contribution in [0.1, 0.15) is 239 Å². The van der Waals surface area contributed by atoms with Crippen LogP contribution in [0, 0.1) is 0 Å². The minimum Gasteiger partial charge on any atom is -0.462 e. The molecular weight excluding hydrogens is 973 g/mol. The maximum Gasteiger partial charge on any atom is 0.306 e. The molecular formula is C73H112O6. The van der Waals surface area contributed by atoms with Gasteiger partial charge in [0.15, 0.2) is 6.10 Å². The van der Waals surface area contributed by atoms with Gasteiger partial charge in [0.25, 0.3) is 0 Å². The molecule has 6 nitrogen and oxygen atoms in total. The third kappa shape index (κ3) is 63.2. The van der Waals surface area contributed by atoms with Crippen LogP contribution < -0.4 is 0 Å². The van der Waals surface area contributed by atoms with Crippen LogP contribution in [0.4, 0.5) is 0 Å². The number of carbonyl (C=O) groups excluding carboxylic acids is 3. The third-order valence-electron chi connectivity index (χ3n) is 12.4. The van der Waals surface area contributed by atoms with E-state index in [4.69, 9.17) is 14.2 Å². The summed E-state index contributed by atoms with van der Waals surface area (Å²) in [6.07, 6.45) is 97.6. The molecule has 0 N–H and O–H groups in total. The van der Waals surface area contributed by atoms with Gasteiger partial charge in [-0.05, 0) is 148 Å². The predicted molar refractivity (Wildman–Crippen MR) is 343 cm³/mol. The Labute approximate surface area is 484 Å². The van der Waals surface area contributed by atoms with E-state index in [1.807, 2.05) is 0 Å². The molecule has 0 fully saturated rings. The normalized spacial score (nSPS) is 13.4. The first-order valence-electron chi connectivity index (χ1n) is 31.3. The number of hydrogen-bond donors (Lipinski definition) is 0. The summed E-state index contributed by atoms with van der Waals surface area (Å²) in [5.74, 6) is -1.04. The average molecular weight is 1090 g/mol. The van der Waals surface area contributed by atoms with Gasteiger partial charge in [0.05, 0.1) is 0 Å². The first-order chi connectivity index (χ1) is 39.0. The Morgan fingerprint density at radius 3 is 0.785 bits per heavy atom. The molecule has 0 aromatic heterocycles. The highest BCUT2D eigenvalue weighted by atomic mass is 16.6. The van der Waals surface area contributed by atoms with Crippen LogP contribution in [0.3, 0.4) is 0 Å². The van der Waals surface area contributed by atoms with Crippen molar-refractivity contribution in [2.45, 2.75) is 245 Å². The lowest BCUT2D eigenvalue weighted by atomic mass is 10.0. The molecule has 0 aromatic carbocycles. The quantitative estimate of drug-likeness (QED) is 0.0261. The number of ether oxygens (including phenoxy) is 3. The zero-order valence-corrected chi connectivity index (χ0v) is 50.3. The summed E-state index contributed by atoms with van der Waals surface area (Å²) in [6, 6.07) is 0. The molecule has 0 aromatic rings. The summed E-state index contributed by atoms with van der Waals surface area (Å²) >= 11 is 0. The fourth-order valence-corrected chi connectivity index (χ4v) is 7.82. The first-order valence-corrected chi connectivity index (χ1v) is 31.3. The van der Waals surface area contributed by atoms with E-state index >= 15 is 0 Å². The number of rotatable bonds is 54. The van der Waals surface area contributed by atoms with E-state index in [1.54, 1.807) is 0 Å². The van der Waals surface area contributed by atoms with Crippen LogP contribution in [-0.4, -0.2) is 37.2 Å². The van der Waals surface area contributed by atoms with Crippen molar-refractivity contribution < 1.29 is 28.6 Å². The van der Waals surface area contributed by atoms with E-state index in [0.717, 1.165) is 141 Å². The van der Waals surface area contributed by atoms with Crippen molar-refractivity contribution in [3.63, 3.8) is 0 Å². The van der Waals surface area contributed by atoms with Gasteiger partial charge in [-0.2, -0.15) is 0 Å². The molecule has 79 heavy (non-hydrogen) atoms. The molecule has 0 aliphatic carbocycles. The maximum atomic E-state index is 12.9. The molecule has 0 bridgehead atoms. The highest BCUT2D eigenvalue weighted by molar-refractivity contribution is 5.71. The minimum atomic E-state index is -0.833. The second-order valence-corrected chi connectivity index (χ2v) is 19.8. The Kier molecular flexibility index (Phi) is 60.5. The molecule has 0 rings (SSSR count). The minimum absolute atomic E-state index is 0.128. The van der Waals surface area contributed by atoms with Crippen molar-refractivity contribution in [2.24, 2.45) is 0 Å². The zero-order valence-electron chi connectivity index (χ0n) is 50.3. The number of carbonyl (C=O) groups is 3. The van der Waals surface area contributed by atoms with Crippen LogP contribution in [0.25, 0.3) is 0 Å². The second kappa shape index (κ2) is 65.0. The highest BCUT2D eigenvalue weighted by Crippen LogP contribution is 2.14. The third-order valence-corrected chi connectivity index (χ3v) is 12.4. The van der Waals surface area contributed by atoms with E-state index in [-0.39, 0.29) is 44.0 Å². The van der Waals surface area contributed by atoms with Crippen molar-refractivity contribution in [1.29, 1.82) is 0 Å². The number of esters is 3. The van der Waals surface area contributed by atoms with Crippen molar-refractivity contribution in [3.05, 3.63) is 182 Å². The van der Waals surface area contributed by atoms with E-state index in [1.165, 1.54) is 44.9 Å². The lowest BCUT2D eigenvalue weighted by Gasteiger charge is -2.18. The smallest absolute Gasteiger partial charge is 0.306 e. The van der Waals surface area contributed by atoms with Crippen LogP contribution in [-0.2, 0) is 28.6 Å². The monoisotopic (exact) mass is 1080 g/mol. The first kappa shape index (κ1) is 73.5. The molecule has 440 valence electrons. The molecule has 1 unspecified atom stereocenters. The van der Waals surface area contributed by atoms with Gasteiger partial charge < -0.3 is 14.2 Å². The molecule has 0 amide bonds. The van der Waals surface area contributed by atoms with Crippen LogP contribution in [0.2, 0.25) is 0 Å². The van der Waals surface area contributed by atoms with E-state index in [0.29, 0.717) is 19.3 Å². The average Bonchev–Trinajstić information content (AvgIpc) is 3.45. The summed E-state index contributed by atoms with van der Waals surface area (Å²) in [5.41, 5.74) is 0. The van der Waals surface area contributed by atoms with Crippen molar-refractivity contribution in [3.8, 4) is 0 Å². The SMILES string of the molecule is CC/C=C\C/C=C\C/C=C\C/C=C\C/C=C\C/C=C\C/C=C\CCCC(=O)OCC(COC(=O)CCCC/C=C\C/C=C\C/C=C\C/C=C\CC)OC(=O)CCCCCCCCCCCC/C=C\C/C=C\C/C=C\C/C=C\CC. The number of unbranched alkanes of at least 4 members (excludes halogenated alkanes) is 13. The molecule has 1 atom stereocenters. The fourth-order valence-electron chi connectivity index (χ4n) is 7.82. The van der Waals surface area contributed by atoms with E-state index in [2.05, 4.69) is 203 Å². The Hall–Kier alpha value is -5.49. The van der Waals surface area contributed by atoms with E-state index < -0.39 is 6.10 Å². The fraction of sp³-hybridized carbons (Fsp3) is 0.548. The van der Waals surface area contributed by atoms with Gasteiger partial charge in [0, 0.05) is 19.3 Å². The predicted octanol–water partition coefficient (Wildman–Crippen LogP) is 21.7. The van der Waals surface area contributed by atoms with Crippen LogP contribution in [0.5, 0.6) is 0 Å². The maximum absolute atomic E-state index is 12.9. The Balaban J connectivity index is 4.55.